The lowest BCUT2D eigenvalue weighted by Gasteiger charge is -2.21. The first-order valence-electron chi connectivity index (χ1n) is 6.85. The number of carbonyl (C=O) groups is 1. The molecule has 0 aromatic heterocycles. The van der Waals surface area contributed by atoms with Crippen molar-refractivity contribution in [2.45, 2.75) is 43.8 Å². The molecule has 3 nitrogen and oxygen atoms in total. The molecule has 3 atom stereocenters. The van der Waals surface area contributed by atoms with E-state index in [0.29, 0.717) is 0 Å². The van der Waals surface area contributed by atoms with Crippen LogP contribution in [0.1, 0.15) is 46.6 Å². The molecule has 1 fully saturated rings. The van der Waals surface area contributed by atoms with Crippen molar-refractivity contribution in [3.05, 3.63) is 34.9 Å². The molecule has 1 N–H and O–H groups in total. The van der Waals surface area contributed by atoms with Gasteiger partial charge in [0.05, 0.1) is 17.6 Å². The lowest BCUT2D eigenvalue weighted by Crippen LogP contribution is -2.32. The largest absolute Gasteiger partial charge is 0.373 e. The number of alkyl halides is 1. The number of benzene rings is 1. The third kappa shape index (κ3) is 2.49. The molecule has 2 heterocycles. The van der Waals surface area contributed by atoms with E-state index in [0.717, 1.165) is 42.5 Å². The minimum atomic E-state index is -0.176. The SMILES string of the molecule is CC1CCC(C(Cl)c2ccc3c(c2)C(=O)NCC3)O1. The van der Waals surface area contributed by atoms with Crippen molar-refractivity contribution < 1.29 is 9.53 Å². The minimum Gasteiger partial charge on any atom is -0.373 e. The minimum absolute atomic E-state index is 0.00711. The summed E-state index contributed by atoms with van der Waals surface area (Å²) in [6.07, 6.45) is 3.27. The molecule has 1 aromatic carbocycles. The maximum atomic E-state index is 11.8. The van der Waals surface area contributed by atoms with Crippen LogP contribution in [0, 0.1) is 0 Å². The number of halogens is 1. The summed E-state index contributed by atoms with van der Waals surface area (Å²) < 4.78 is 5.82. The van der Waals surface area contributed by atoms with Gasteiger partial charge in [0.15, 0.2) is 0 Å². The summed E-state index contributed by atoms with van der Waals surface area (Å²) in [5, 5.41) is 2.69. The number of rotatable bonds is 2. The van der Waals surface area contributed by atoms with E-state index in [1.807, 2.05) is 18.2 Å². The topological polar surface area (TPSA) is 38.3 Å². The van der Waals surface area contributed by atoms with Crippen molar-refractivity contribution in [3.63, 3.8) is 0 Å². The molecule has 1 saturated heterocycles. The normalized spacial score (nSPS) is 27.8. The van der Waals surface area contributed by atoms with E-state index in [2.05, 4.69) is 12.2 Å². The van der Waals surface area contributed by atoms with E-state index in [1.54, 1.807) is 0 Å². The van der Waals surface area contributed by atoms with Gasteiger partial charge in [0, 0.05) is 12.1 Å². The molecule has 0 spiro atoms. The average molecular weight is 280 g/mol. The smallest absolute Gasteiger partial charge is 0.251 e. The molecule has 0 radical (unpaired) electrons. The molecule has 0 aliphatic carbocycles. The van der Waals surface area contributed by atoms with E-state index in [4.69, 9.17) is 16.3 Å². The molecule has 2 aliphatic rings. The Morgan fingerprint density at radius 1 is 1.42 bits per heavy atom. The zero-order valence-corrected chi connectivity index (χ0v) is 11.7. The van der Waals surface area contributed by atoms with Crippen molar-refractivity contribution in [1.29, 1.82) is 0 Å². The second-order valence-corrected chi connectivity index (χ2v) is 5.86. The van der Waals surface area contributed by atoms with Gasteiger partial charge in [0.2, 0.25) is 0 Å². The predicted octanol–water partition coefficient (Wildman–Crippen LogP) is 2.82. The fourth-order valence-electron chi connectivity index (χ4n) is 2.86. The molecule has 0 bridgehead atoms. The van der Waals surface area contributed by atoms with Gasteiger partial charge in [-0.3, -0.25) is 4.79 Å². The number of carbonyl (C=O) groups excluding carboxylic acids is 1. The van der Waals surface area contributed by atoms with Gasteiger partial charge in [0.1, 0.15) is 0 Å². The quantitative estimate of drug-likeness (QED) is 0.846. The monoisotopic (exact) mass is 279 g/mol. The Bertz CT molecular complexity index is 503. The molecule has 102 valence electrons. The average Bonchev–Trinajstić information content (AvgIpc) is 2.85. The summed E-state index contributed by atoms with van der Waals surface area (Å²) in [6.45, 7) is 2.79. The second-order valence-electron chi connectivity index (χ2n) is 5.39. The van der Waals surface area contributed by atoms with Crippen LogP contribution in [0.15, 0.2) is 18.2 Å². The lowest BCUT2D eigenvalue weighted by molar-refractivity contribution is 0.0533. The van der Waals surface area contributed by atoms with Crippen molar-refractivity contribution in [1.82, 2.24) is 5.32 Å². The first-order chi connectivity index (χ1) is 9.15. The van der Waals surface area contributed by atoms with Gasteiger partial charge in [0.25, 0.3) is 5.91 Å². The molecule has 1 aromatic rings. The van der Waals surface area contributed by atoms with E-state index in [9.17, 15) is 4.79 Å². The van der Waals surface area contributed by atoms with E-state index < -0.39 is 0 Å². The Hall–Kier alpha value is -1.06. The standard InChI is InChI=1S/C15H18ClNO2/c1-9-2-5-13(19-9)14(16)11-4-3-10-6-7-17-15(18)12(10)8-11/h3-4,8-9,13-14H,2,5-7H2,1H3,(H,17,18). The molecule has 3 unspecified atom stereocenters. The van der Waals surface area contributed by atoms with E-state index in [-0.39, 0.29) is 23.5 Å². The Morgan fingerprint density at radius 2 is 2.26 bits per heavy atom. The maximum absolute atomic E-state index is 11.8. The number of fused-ring (bicyclic) bond motifs is 1. The molecule has 1 amide bonds. The third-order valence-electron chi connectivity index (χ3n) is 3.97. The molecular formula is C15H18ClNO2. The summed E-state index contributed by atoms with van der Waals surface area (Å²) in [5.74, 6) is 0.00711. The number of amides is 1. The Kier molecular flexibility index (Phi) is 3.50. The Morgan fingerprint density at radius 3 is 3.00 bits per heavy atom. The molecule has 4 heteroatoms. The van der Waals surface area contributed by atoms with Gasteiger partial charge in [-0.25, -0.2) is 0 Å². The van der Waals surface area contributed by atoms with Crippen LogP contribution in [-0.2, 0) is 11.2 Å². The van der Waals surface area contributed by atoms with Crippen LogP contribution in [0.4, 0.5) is 0 Å². The number of hydrogen-bond donors (Lipinski definition) is 1. The third-order valence-corrected chi connectivity index (χ3v) is 4.50. The number of nitrogens with one attached hydrogen (secondary N) is 1. The molecule has 0 saturated carbocycles. The van der Waals surface area contributed by atoms with Crippen molar-refractivity contribution in [3.8, 4) is 0 Å². The molecule has 3 rings (SSSR count). The highest BCUT2D eigenvalue weighted by atomic mass is 35.5. The lowest BCUT2D eigenvalue weighted by atomic mass is 9.95. The van der Waals surface area contributed by atoms with Gasteiger partial charge < -0.3 is 10.1 Å². The van der Waals surface area contributed by atoms with E-state index >= 15 is 0 Å². The highest BCUT2D eigenvalue weighted by molar-refractivity contribution is 6.21. The van der Waals surface area contributed by atoms with Gasteiger partial charge in [-0.1, -0.05) is 12.1 Å². The van der Waals surface area contributed by atoms with Crippen LogP contribution >= 0.6 is 11.6 Å². The van der Waals surface area contributed by atoms with Crippen molar-refractivity contribution in [2.75, 3.05) is 6.54 Å². The zero-order chi connectivity index (χ0) is 13.4. The van der Waals surface area contributed by atoms with Crippen LogP contribution in [0.25, 0.3) is 0 Å². The predicted molar refractivity (Wildman–Crippen MR) is 74.6 cm³/mol. The zero-order valence-electron chi connectivity index (χ0n) is 11.0. The summed E-state index contributed by atoms with van der Waals surface area (Å²) in [7, 11) is 0. The van der Waals surface area contributed by atoms with Gasteiger partial charge in [-0.05, 0) is 43.4 Å². The van der Waals surface area contributed by atoms with Crippen molar-refractivity contribution in [2.24, 2.45) is 0 Å². The number of ether oxygens (including phenoxy) is 1. The van der Waals surface area contributed by atoms with Crippen molar-refractivity contribution >= 4 is 17.5 Å². The summed E-state index contributed by atoms with van der Waals surface area (Å²) in [4.78, 5) is 11.8. The van der Waals surface area contributed by atoms with Crippen LogP contribution in [0.2, 0.25) is 0 Å². The van der Waals surface area contributed by atoms with E-state index in [1.165, 1.54) is 0 Å². The van der Waals surface area contributed by atoms with Crippen LogP contribution in [0.3, 0.4) is 0 Å². The van der Waals surface area contributed by atoms with Gasteiger partial charge >= 0.3 is 0 Å². The summed E-state index contributed by atoms with van der Waals surface area (Å²) >= 11 is 6.51. The fraction of sp³-hybridized carbons (Fsp3) is 0.533. The molecular weight excluding hydrogens is 262 g/mol. The molecule has 2 aliphatic heterocycles. The summed E-state index contributed by atoms with van der Waals surface area (Å²) in [6, 6.07) is 5.98. The maximum Gasteiger partial charge on any atom is 0.251 e. The fourth-order valence-corrected chi connectivity index (χ4v) is 3.19. The van der Waals surface area contributed by atoms with Gasteiger partial charge in [-0.2, -0.15) is 0 Å². The highest BCUT2D eigenvalue weighted by Crippen LogP contribution is 2.35. The first-order valence-corrected chi connectivity index (χ1v) is 7.29. The van der Waals surface area contributed by atoms with Crippen LogP contribution in [-0.4, -0.2) is 24.7 Å². The number of hydrogen-bond acceptors (Lipinski definition) is 2. The second kappa shape index (κ2) is 5.14. The van der Waals surface area contributed by atoms with Gasteiger partial charge in [-0.15, -0.1) is 11.6 Å². The first kappa shape index (κ1) is 12.9. The Labute approximate surface area is 118 Å². The highest BCUT2D eigenvalue weighted by Gasteiger charge is 2.30. The Balaban J connectivity index is 1.85. The molecule has 19 heavy (non-hydrogen) atoms. The summed E-state index contributed by atoms with van der Waals surface area (Å²) in [5.41, 5.74) is 2.86. The van der Waals surface area contributed by atoms with Crippen LogP contribution < -0.4 is 5.32 Å². The van der Waals surface area contributed by atoms with Crippen LogP contribution in [0.5, 0.6) is 0 Å².